The summed E-state index contributed by atoms with van der Waals surface area (Å²) in [5.41, 5.74) is 2.67. The first-order valence-electron chi connectivity index (χ1n) is 3.86. The maximum Gasteiger partial charge on any atom is 0.355 e. The van der Waals surface area contributed by atoms with Crippen LogP contribution in [0, 0.1) is 0 Å². The lowest BCUT2D eigenvalue weighted by molar-refractivity contribution is 0.0581. The normalized spacial score (nSPS) is 10.4. The fraction of sp³-hybridized carbons (Fsp3) is 0.250. The van der Waals surface area contributed by atoms with Gasteiger partial charge in [0, 0.05) is 6.07 Å². The molecule has 0 aliphatic heterocycles. The van der Waals surface area contributed by atoms with Crippen LogP contribution in [0.2, 0.25) is 0 Å². The number of alkyl halides is 2. The molecule has 0 unspecified atom stereocenters. The number of rotatable bonds is 2. The van der Waals surface area contributed by atoms with Gasteiger partial charge >= 0.3 is 5.97 Å². The van der Waals surface area contributed by atoms with E-state index in [-0.39, 0.29) is 5.82 Å². The van der Waals surface area contributed by atoms with E-state index >= 15 is 0 Å². The quantitative estimate of drug-likeness (QED) is 0.715. The molecule has 7 heteroatoms. The molecule has 0 saturated heterocycles. The number of hydrogen-bond acceptors (Lipinski definition) is 4. The van der Waals surface area contributed by atoms with Crippen molar-refractivity contribution in [2.45, 2.75) is 6.43 Å². The summed E-state index contributed by atoms with van der Waals surface area (Å²) in [6.45, 7) is 0. The number of pyridine rings is 1. The molecule has 15 heavy (non-hydrogen) atoms. The first-order valence-corrected chi connectivity index (χ1v) is 3.86. The minimum absolute atomic E-state index is 0.176. The number of ether oxygens (including phenoxy) is 1. The molecule has 0 aliphatic carbocycles. The van der Waals surface area contributed by atoms with E-state index in [4.69, 9.17) is 5.73 Å². The highest BCUT2D eigenvalue weighted by Gasteiger charge is 2.23. The largest absolute Gasteiger partial charge is 0.464 e. The summed E-state index contributed by atoms with van der Waals surface area (Å²) in [6, 6.07) is 0.786. The second kappa shape index (κ2) is 4.07. The summed E-state index contributed by atoms with van der Waals surface area (Å²) in [7, 11) is 1.01. The van der Waals surface area contributed by atoms with Gasteiger partial charge in [0.1, 0.15) is 11.5 Å². The molecule has 1 rings (SSSR count). The molecule has 0 atom stereocenters. The van der Waals surface area contributed by atoms with Gasteiger partial charge in [-0.25, -0.2) is 13.6 Å². The number of nitrogen functional groups attached to an aromatic ring is 1. The average molecular weight is 218 g/mol. The predicted octanol–water partition coefficient (Wildman–Crippen LogP) is 0.681. The highest BCUT2D eigenvalue weighted by atomic mass is 19.3. The highest BCUT2D eigenvalue weighted by molar-refractivity contribution is 5.89. The molecule has 3 N–H and O–H groups in total. The number of carbonyl (C=O) groups excluding carboxylic acids is 1. The molecule has 82 valence electrons. The number of carbonyl (C=O) groups is 1. The SMILES string of the molecule is COC(=O)c1[nH]c(N)cc(=O)c1C(F)F. The predicted molar refractivity (Wildman–Crippen MR) is 47.8 cm³/mol. The van der Waals surface area contributed by atoms with E-state index in [0.29, 0.717) is 0 Å². The third kappa shape index (κ3) is 2.12. The summed E-state index contributed by atoms with van der Waals surface area (Å²) < 4.78 is 29.1. The Morgan fingerprint density at radius 2 is 2.20 bits per heavy atom. The van der Waals surface area contributed by atoms with Gasteiger partial charge in [0.05, 0.1) is 12.7 Å². The second-order valence-corrected chi connectivity index (χ2v) is 2.67. The van der Waals surface area contributed by atoms with E-state index in [0.717, 1.165) is 13.2 Å². The van der Waals surface area contributed by atoms with E-state index < -0.39 is 29.1 Å². The second-order valence-electron chi connectivity index (χ2n) is 2.67. The molecule has 1 heterocycles. The minimum Gasteiger partial charge on any atom is -0.464 e. The maximum absolute atomic E-state index is 12.4. The molecule has 0 radical (unpaired) electrons. The Kier molecular flexibility index (Phi) is 3.03. The van der Waals surface area contributed by atoms with Crippen LogP contribution in [0.1, 0.15) is 22.5 Å². The van der Waals surface area contributed by atoms with Crippen molar-refractivity contribution < 1.29 is 18.3 Å². The third-order valence-electron chi connectivity index (χ3n) is 1.70. The van der Waals surface area contributed by atoms with E-state index in [1.807, 2.05) is 0 Å². The Morgan fingerprint density at radius 3 is 2.67 bits per heavy atom. The molecule has 0 amide bonds. The van der Waals surface area contributed by atoms with Crippen molar-refractivity contribution >= 4 is 11.8 Å². The number of esters is 1. The zero-order valence-electron chi connectivity index (χ0n) is 7.71. The van der Waals surface area contributed by atoms with Crippen LogP contribution in [0.3, 0.4) is 0 Å². The van der Waals surface area contributed by atoms with Gasteiger partial charge in [0.15, 0.2) is 5.43 Å². The van der Waals surface area contributed by atoms with E-state index in [2.05, 4.69) is 9.72 Å². The van der Waals surface area contributed by atoms with Crippen molar-refractivity contribution in [3.05, 3.63) is 27.5 Å². The first kappa shape index (κ1) is 11.2. The lowest BCUT2D eigenvalue weighted by Gasteiger charge is -2.06. The number of aromatic nitrogens is 1. The molecule has 0 saturated carbocycles. The third-order valence-corrected chi connectivity index (χ3v) is 1.70. The zero-order chi connectivity index (χ0) is 11.6. The van der Waals surface area contributed by atoms with Crippen LogP contribution >= 0.6 is 0 Å². The van der Waals surface area contributed by atoms with Gasteiger partial charge in [-0.3, -0.25) is 4.79 Å². The van der Waals surface area contributed by atoms with Crippen LogP contribution in [-0.4, -0.2) is 18.1 Å². The van der Waals surface area contributed by atoms with E-state index in [1.165, 1.54) is 0 Å². The number of nitrogens with one attached hydrogen (secondary N) is 1. The van der Waals surface area contributed by atoms with E-state index in [1.54, 1.807) is 0 Å². The van der Waals surface area contributed by atoms with Gasteiger partial charge in [-0.2, -0.15) is 0 Å². The fourth-order valence-corrected chi connectivity index (χ4v) is 1.07. The minimum atomic E-state index is -3.07. The van der Waals surface area contributed by atoms with E-state index in [9.17, 15) is 18.4 Å². The number of methoxy groups -OCH3 is 1. The maximum atomic E-state index is 12.4. The van der Waals surface area contributed by atoms with Gasteiger partial charge in [-0.05, 0) is 0 Å². The summed E-state index contributed by atoms with van der Waals surface area (Å²) >= 11 is 0. The number of halogens is 2. The highest BCUT2D eigenvalue weighted by Crippen LogP contribution is 2.19. The smallest absolute Gasteiger partial charge is 0.355 e. The van der Waals surface area contributed by atoms with Crippen LogP contribution < -0.4 is 11.2 Å². The Bertz CT molecular complexity index is 442. The molecular weight excluding hydrogens is 210 g/mol. The number of aromatic amines is 1. The van der Waals surface area contributed by atoms with Crippen molar-refractivity contribution in [1.82, 2.24) is 4.98 Å². The number of anilines is 1. The van der Waals surface area contributed by atoms with Gasteiger partial charge in [0.2, 0.25) is 0 Å². The summed E-state index contributed by atoms with van der Waals surface area (Å²) in [5, 5.41) is 0. The molecule has 0 aromatic carbocycles. The average Bonchev–Trinajstić information content (AvgIpc) is 2.14. The van der Waals surface area contributed by atoms with Crippen LogP contribution in [-0.2, 0) is 4.74 Å². The fourth-order valence-electron chi connectivity index (χ4n) is 1.07. The molecule has 0 aliphatic rings. The molecule has 0 fully saturated rings. The molecular formula is C8H8F2N2O3. The van der Waals surface area contributed by atoms with Gasteiger partial charge < -0.3 is 15.5 Å². The van der Waals surface area contributed by atoms with Gasteiger partial charge in [-0.1, -0.05) is 0 Å². The zero-order valence-corrected chi connectivity index (χ0v) is 7.71. The molecule has 0 bridgehead atoms. The number of H-pyrrole nitrogens is 1. The lowest BCUT2D eigenvalue weighted by atomic mass is 10.2. The van der Waals surface area contributed by atoms with Crippen LogP contribution in [0.4, 0.5) is 14.6 Å². The lowest BCUT2D eigenvalue weighted by Crippen LogP contribution is -2.19. The van der Waals surface area contributed by atoms with Gasteiger partial charge in [0.25, 0.3) is 6.43 Å². The molecule has 1 aromatic heterocycles. The summed E-state index contributed by atoms with van der Waals surface area (Å²) in [5.74, 6) is -1.24. The van der Waals surface area contributed by atoms with Crippen molar-refractivity contribution in [2.75, 3.05) is 12.8 Å². The summed E-state index contributed by atoms with van der Waals surface area (Å²) in [4.78, 5) is 24.4. The standard InChI is InChI=1S/C8H8F2N2O3/c1-15-8(14)6-5(7(9)10)3(13)2-4(11)12-6/h2,7H,1H3,(H3,11,12,13). The molecule has 0 spiro atoms. The molecule has 5 nitrogen and oxygen atoms in total. The Balaban J connectivity index is 3.47. The van der Waals surface area contributed by atoms with Crippen LogP contribution in [0.25, 0.3) is 0 Å². The monoisotopic (exact) mass is 218 g/mol. The number of hydrogen-bond donors (Lipinski definition) is 2. The Labute approximate surface area is 82.9 Å². The summed E-state index contributed by atoms with van der Waals surface area (Å²) in [6.07, 6.45) is -3.07. The van der Waals surface area contributed by atoms with Crippen molar-refractivity contribution in [1.29, 1.82) is 0 Å². The topological polar surface area (TPSA) is 85.2 Å². The first-order chi connectivity index (χ1) is 6.97. The molecule has 1 aromatic rings. The Morgan fingerprint density at radius 1 is 1.60 bits per heavy atom. The van der Waals surface area contributed by atoms with Crippen LogP contribution in [0.15, 0.2) is 10.9 Å². The Hall–Kier alpha value is -1.92. The van der Waals surface area contributed by atoms with Crippen molar-refractivity contribution in [3.8, 4) is 0 Å². The van der Waals surface area contributed by atoms with Gasteiger partial charge in [-0.15, -0.1) is 0 Å². The van der Waals surface area contributed by atoms with Crippen molar-refractivity contribution in [3.63, 3.8) is 0 Å². The van der Waals surface area contributed by atoms with Crippen LogP contribution in [0.5, 0.6) is 0 Å². The number of nitrogens with two attached hydrogens (primary N) is 1. The van der Waals surface area contributed by atoms with Crippen molar-refractivity contribution in [2.24, 2.45) is 0 Å².